The molecule has 1 fully saturated rings. The van der Waals surface area contributed by atoms with Crippen LogP contribution in [-0.4, -0.2) is 23.7 Å². The molecular formula is C17H24FNO2. The number of amides is 1. The summed E-state index contributed by atoms with van der Waals surface area (Å²) in [6, 6.07) is 6.50. The molecule has 116 valence electrons. The van der Waals surface area contributed by atoms with Gasteiger partial charge < -0.3 is 10.4 Å². The molecular weight excluding hydrogens is 269 g/mol. The maximum Gasteiger partial charge on any atom is 0.230 e. The zero-order chi connectivity index (χ0) is 15.7. The summed E-state index contributed by atoms with van der Waals surface area (Å²) < 4.78 is 13.9. The summed E-state index contributed by atoms with van der Waals surface area (Å²) >= 11 is 0. The van der Waals surface area contributed by atoms with Gasteiger partial charge >= 0.3 is 0 Å². The number of halogens is 1. The van der Waals surface area contributed by atoms with Gasteiger partial charge in [-0.25, -0.2) is 4.39 Å². The van der Waals surface area contributed by atoms with E-state index in [0.29, 0.717) is 31.4 Å². The Kier molecular flexibility index (Phi) is 4.38. The van der Waals surface area contributed by atoms with Crippen LogP contribution in [0, 0.1) is 11.2 Å². The molecule has 3 nitrogen and oxygen atoms in total. The van der Waals surface area contributed by atoms with Crippen LogP contribution in [0.15, 0.2) is 24.3 Å². The predicted octanol–water partition coefficient (Wildman–Crippen LogP) is 2.77. The number of nitrogens with one attached hydrogen (secondary N) is 1. The van der Waals surface area contributed by atoms with Crippen molar-refractivity contribution in [3.05, 3.63) is 35.6 Å². The fraction of sp³-hybridized carbons (Fsp3) is 0.588. The first-order valence-corrected chi connectivity index (χ1v) is 7.48. The van der Waals surface area contributed by atoms with Gasteiger partial charge in [0.25, 0.3) is 0 Å². The molecule has 2 rings (SSSR count). The molecule has 0 radical (unpaired) electrons. The van der Waals surface area contributed by atoms with Crippen LogP contribution in [0.1, 0.15) is 45.6 Å². The second kappa shape index (κ2) is 5.76. The van der Waals surface area contributed by atoms with Crippen molar-refractivity contribution in [1.82, 2.24) is 5.32 Å². The van der Waals surface area contributed by atoms with Crippen LogP contribution < -0.4 is 5.32 Å². The number of aliphatic hydroxyl groups excluding tert-OH is 1. The van der Waals surface area contributed by atoms with Gasteiger partial charge in [0.2, 0.25) is 5.91 Å². The lowest BCUT2D eigenvalue weighted by atomic mass is 9.86. The third-order valence-electron chi connectivity index (χ3n) is 4.15. The Bertz CT molecular complexity index is 521. The number of benzene rings is 1. The largest absolute Gasteiger partial charge is 0.393 e. The Balaban J connectivity index is 2.03. The number of hydrogen-bond acceptors (Lipinski definition) is 2. The molecule has 1 aliphatic rings. The standard InChI is InChI=1S/C17H24FNO2/c1-12(20)10-16(2,3)11-19-15(21)17(8-9-17)13-6-4-5-7-14(13)18/h4-7,12,20H,8-11H2,1-3H3,(H,19,21). The molecule has 1 aliphatic carbocycles. The van der Waals surface area contributed by atoms with Crippen molar-refractivity contribution in [2.45, 2.75) is 51.6 Å². The molecule has 0 saturated heterocycles. The zero-order valence-electron chi connectivity index (χ0n) is 12.9. The highest BCUT2D eigenvalue weighted by Gasteiger charge is 2.52. The van der Waals surface area contributed by atoms with Crippen LogP contribution in [0.25, 0.3) is 0 Å². The Morgan fingerprint density at radius 3 is 2.57 bits per heavy atom. The Morgan fingerprint density at radius 2 is 2.05 bits per heavy atom. The predicted molar refractivity (Wildman–Crippen MR) is 80.4 cm³/mol. The van der Waals surface area contributed by atoms with Gasteiger partial charge in [-0.15, -0.1) is 0 Å². The molecule has 0 aromatic heterocycles. The number of rotatable bonds is 6. The van der Waals surface area contributed by atoms with E-state index in [0.717, 1.165) is 0 Å². The molecule has 0 heterocycles. The van der Waals surface area contributed by atoms with Crippen molar-refractivity contribution >= 4 is 5.91 Å². The maximum absolute atomic E-state index is 13.9. The quantitative estimate of drug-likeness (QED) is 0.847. The highest BCUT2D eigenvalue weighted by atomic mass is 19.1. The molecule has 1 unspecified atom stereocenters. The summed E-state index contributed by atoms with van der Waals surface area (Å²) in [5.74, 6) is -0.417. The fourth-order valence-electron chi connectivity index (χ4n) is 2.95. The number of aliphatic hydroxyl groups is 1. The lowest BCUT2D eigenvalue weighted by Gasteiger charge is -2.27. The van der Waals surface area contributed by atoms with E-state index in [1.807, 2.05) is 13.8 Å². The Morgan fingerprint density at radius 1 is 1.43 bits per heavy atom. The molecule has 1 saturated carbocycles. The highest BCUT2D eigenvalue weighted by molar-refractivity contribution is 5.91. The van der Waals surface area contributed by atoms with Gasteiger partial charge in [0.15, 0.2) is 0 Å². The van der Waals surface area contributed by atoms with Crippen molar-refractivity contribution in [3.8, 4) is 0 Å². The fourth-order valence-corrected chi connectivity index (χ4v) is 2.95. The number of hydrogen-bond donors (Lipinski definition) is 2. The van der Waals surface area contributed by atoms with E-state index in [1.54, 1.807) is 25.1 Å². The van der Waals surface area contributed by atoms with Crippen LogP contribution in [0.5, 0.6) is 0 Å². The lowest BCUT2D eigenvalue weighted by Crippen LogP contribution is -2.41. The summed E-state index contributed by atoms with van der Waals surface area (Å²) in [6.45, 7) is 6.23. The third kappa shape index (κ3) is 3.62. The SMILES string of the molecule is CC(O)CC(C)(C)CNC(=O)C1(c2ccccc2F)CC1. The van der Waals surface area contributed by atoms with E-state index in [1.165, 1.54) is 6.07 Å². The van der Waals surface area contributed by atoms with Crippen LogP contribution in [0.3, 0.4) is 0 Å². The Hall–Kier alpha value is -1.42. The van der Waals surface area contributed by atoms with E-state index in [-0.39, 0.29) is 17.1 Å². The van der Waals surface area contributed by atoms with Gasteiger partial charge in [-0.1, -0.05) is 32.0 Å². The first-order valence-electron chi connectivity index (χ1n) is 7.48. The topological polar surface area (TPSA) is 49.3 Å². The molecule has 4 heteroatoms. The second-order valence-electron chi connectivity index (χ2n) is 6.96. The first-order chi connectivity index (χ1) is 9.77. The molecule has 21 heavy (non-hydrogen) atoms. The first kappa shape index (κ1) is 16.0. The molecule has 0 spiro atoms. The molecule has 1 atom stereocenters. The van der Waals surface area contributed by atoms with E-state index in [4.69, 9.17) is 0 Å². The molecule has 0 bridgehead atoms. The summed E-state index contributed by atoms with van der Waals surface area (Å²) in [6.07, 6.45) is 1.59. The smallest absolute Gasteiger partial charge is 0.230 e. The summed E-state index contributed by atoms with van der Waals surface area (Å²) in [4.78, 5) is 12.5. The van der Waals surface area contributed by atoms with Crippen LogP contribution in [-0.2, 0) is 10.2 Å². The number of carbonyl (C=O) groups is 1. The van der Waals surface area contributed by atoms with Crippen molar-refractivity contribution in [3.63, 3.8) is 0 Å². The van der Waals surface area contributed by atoms with Gasteiger partial charge in [-0.3, -0.25) is 4.79 Å². The molecule has 2 N–H and O–H groups in total. The summed E-state index contributed by atoms with van der Waals surface area (Å²) in [7, 11) is 0. The second-order valence-corrected chi connectivity index (χ2v) is 6.96. The van der Waals surface area contributed by atoms with E-state index in [2.05, 4.69) is 5.32 Å². The van der Waals surface area contributed by atoms with Gasteiger partial charge in [-0.2, -0.15) is 0 Å². The van der Waals surface area contributed by atoms with Gasteiger partial charge in [0, 0.05) is 12.1 Å². The van der Waals surface area contributed by atoms with E-state index >= 15 is 0 Å². The van der Waals surface area contributed by atoms with Crippen molar-refractivity contribution < 1.29 is 14.3 Å². The molecule has 1 aromatic carbocycles. The molecule has 0 aliphatic heterocycles. The van der Waals surface area contributed by atoms with Crippen LogP contribution >= 0.6 is 0 Å². The maximum atomic E-state index is 13.9. The minimum atomic E-state index is -0.688. The monoisotopic (exact) mass is 293 g/mol. The van der Waals surface area contributed by atoms with Crippen molar-refractivity contribution in [1.29, 1.82) is 0 Å². The molecule has 1 amide bonds. The Labute approximate surface area is 125 Å². The van der Waals surface area contributed by atoms with E-state index in [9.17, 15) is 14.3 Å². The van der Waals surface area contributed by atoms with Gasteiger partial charge in [0.1, 0.15) is 5.82 Å². The zero-order valence-corrected chi connectivity index (χ0v) is 12.9. The minimum absolute atomic E-state index is 0.105. The van der Waals surface area contributed by atoms with Gasteiger partial charge in [-0.05, 0) is 37.7 Å². The summed E-state index contributed by atoms with van der Waals surface area (Å²) in [5.41, 5.74) is -0.377. The average molecular weight is 293 g/mol. The van der Waals surface area contributed by atoms with Gasteiger partial charge in [0.05, 0.1) is 11.5 Å². The van der Waals surface area contributed by atoms with Crippen LogP contribution in [0.4, 0.5) is 4.39 Å². The minimum Gasteiger partial charge on any atom is -0.393 e. The number of carbonyl (C=O) groups excluding carboxylic acids is 1. The van der Waals surface area contributed by atoms with E-state index < -0.39 is 11.5 Å². The van der Waals surface area contributed by atoms with Crippen molar-refractivity contribution in [2.75, 3.05) is 6.54 Å². The normalized spacial score (nSPS) is 18.1. The molecule has 1 aromatic rings. The average Bonchev–Trinajstić information content (AvgIpc) is 3.16. The van der Waals surface area contributed by atoms with Crippen molar-refractivity contribution in [2.24, 2.45) is 5.41 Å². The third-order valence-corrected chi connectivity index (χ3v) is 4.15. The summed E-state index contributed by atoms with van der Waals surface area (Å²) in [5, 5.41) is 12.4. The van der Waals surface area contributed by atoms with Crippen LogP contribution in [0.2, 0.25) is 0 Å². The highest BCUT2D eigenvalue weighted by Crippen LogP contribution is 2.49. The lowest BCUT2D eigenvalue weighted by molar-refractivity contribution is -0.124.